The summed E-state index contributed by atoms with van der Waals surface area (Å²) in [6.45, 7) is 2.52. The van der Waals surface area contributed by atoms with Crippen LogP contribution in [0.4, 0.5) is 0 Å². The number of nitrogens with zero attached hydrogens (tertiary/aromatic N) is 1. The number of benzene rings is 2. The molecule has 1 heterocycles. The van der Waals surface area contributed by atoms with Crippen molar-refractivity contribution in [3.8, 4) is 0 Å². The Morgan fingerprint density at radius 2 is 1.86 bits per heavy atom. The molecule has 3 heteroatoms. The van der Waals surface area contributed by atoms with E-state index in [1.807, 2.05) is 30.5 Å². The molecule has 0 radical (unpaired) electrons. The molecule has 0 saturated carbocycles. The molecule has 0 fully saturated rings. The summed E-state index contributed by atoms with van der Waals surface area (Å²) in [5.74, 6) is 0.130. The highest BCUT2D eigenvalue weighted by Crippen LogP contribution is 2.21. The lowest BCUT2D eigenvalue weighted by molar-refractivity contribution is 0.0973. The van der Waals surface area contributed by atoms with Crippen LogP contribution in [0.15, 0.2) is 59.2 Å². The van der Waals surface area contributed by atoms with E-state index in [4.69, 9.17) is 0 Å². The fourth-order valence-electron chi connectivity index (χ4n) is 2.64. The van der Waals surface area contributed by atoms with Crippen LogP contribution >= 0.6 is 15.9 Å². The number of hydrogen-bond donors (Lipinski definition) is 0. The number of carbonyl (C=O) groups excluding carboxylic acids is 1. The van der Waals surface area contributed by atoms with E-state index in [9.17, 15) is 4.79 Å². The second kappa shape index (κ2) is 5.86. The van der Waals surface area contributed by atoms with Gasteiger partial charge in [-0.1, -0.05) is 53.2 Å². The Kier molecular flexibility index (Phi) is 3.93. The molecule has 0 N–H and O–H groups in total. The number of halogens is 1. The molecule has 21 heavy (non-hydrogen) atoms. The summed E-state index contributed by atoms with van der Waals surface area (Å²) in [7, 11) is 0. The minimum atomic E-state index is 0.130. The van der Waals surface area contributed by atoms with Crippen molar-refractivity contribution in [1.82, 2.24) is 4.57 Å². The van der Waals surface area contributed by atoms with Crippen LogP contribution < -0.4 is 0 Å². The SMILES string of the molecule is CCc1cccc2ccn(CC(=O)c3ccc(Br)cc3)c12. The Morgan fingerprint density at radius 3 is 2.57 bits per heavy atom. The van der Waals surface area contributed by atoms with E-state index in [0.29, 0.717) is 6.54 Å². The molecule has 0 aliphatic carbocycles. The van der Waals surface area contributed by atoms with Gasteiger partial charge in [0.05, 0.1) is 12.1 Å². The zero-order chi connectivity index (χ0) is 14.8. The number of para-hydroxylation sites is 1. The Bertz CT molecular complexity index is 787. The van der Waals surface area contributed by atoms with E-state index in [0.717, 1.165) is 16.5 Å². The Labute approximate surface area is 132 Å². The lowest BCUT2D eigenvalue weighted by Gasteiger charge is -2.08. The first-order chi connectivity index (χ1) is 10.2. The van der Waals surface area contributed by atoms with E-state index < -0.39 is 0 Å². The van der Waals surface area contributed by atoms with Crippen molar-refractivity contribution in [3.63, 3.8) is 0 Å². The van der Waals surface area contributed by atoms with E-state index in [1.165, 1.54) is 16.5 Å². The van der Waals surface area contributed by atoms with Crippen molar-refractivity contribution in [1.29, 1.82) is 0 Å². The minimum Gasteiger partial charge on any atom is -0.339 e. The zero-order valence-electron chi connectivity index (χ0n) is 11.8. The number of aromatic nitrogens is 1. The molecule has 2 aromatic carbocycles. The standard InChI is InChI=1S/C18H16BrNO/c1-2-13-4-3-5-15-10-11-20(18(13)15)12-17(21)14-6-8-16(19)9-7-14/h3-11H,2,12H2,1H3. The van der Waals surface area contributed by atoms with Crippen LogP contribution in [0.1, 0.15) is 22.8 Å². The lowest BCUT2D eigenvalue weighted by atomic mass is 10.1. The fourth-order valence-corrected chi connectivity index (χ4v) is 2.90. The van der Waals surface area contributed by atoms with Crippen molar-refractivity contribution >= 4 is 32.6 Å². The van der Waals surface area contributed by atoms with Crippen LogP contribution in [0.2, 0.25) is 0 Å². The van der Waals surface area contributed by atoms with Crippen molar-refractivity contribution in [2.75, 3.05) is 0 Å². The Balaban J connectivity index is 1.94. The van der Waals surface area contributed by atoms with Crippen molar-refractivity contribution in [3.05, 3.63) is 70.3 Å². The normalized spacial score (nSPS) is 11.0. The van der Waals surface area contributed by atoms with Crippen LogP contribution in [-0.4, -0.2) is 10.4 Å². The van der Waals surface area contributed by atoms with Gasteiger partial charge in [0.1, 0.15) is 0 Å². The van der Waals surface area contributed by atoms with E-state index in [2.05, 4.69) is 51.7 Å². The quantitative estimate of drug-likeness (QED) is 0.621. The molecule has 0 spiro atoms. The van der Waals surface area contributed by atoms with Gasteiger partial charge in [0.25, 0.3) is 0 Å². The first-order valence-electron chi connectivity index (χ1n) is 7.04. The second-order valence-corrected chi connectivity index (χ2v) is 6.00. The zero-order valence-corrected chi connectivity index (χ0v) is 13.4. The van der Waals surface area contributed by atoms with E-state index in [1.54, 1.807) is 0 Å². The summed E-state index contributed by atoms with van der Waals surface area (Å²) >= 11 is 3.39. The number of rotatable bonds is 4. The highest BCUT2D eigenvalue weighted by atomic mass is 79.9. The molecule has 0 atom stereocenters. The highest BCUT2D eigenvalue weighted by Gasteiger charge is 2.10. The average molecular weight is 342 g/mol. The number of hydrogen-bond acceptors (Lipinski definition) is 1. The van der Waals surface area contributed by atoms with Gasteiger partial charge in [-0.2, -0.15) is 0 Å². The van der Waals surface area contributed by atoms with Crippen LogP contribution in [0.3, 0.4) is 0 Å². The summed E-state index contributed by atoms with van der Waals surface area (Å²) < 4.78 is 3.04. The van der Waals surface area contributed by atoms with Gasteiger partial charge in [0, 0.05) is 16.2 Å². The van der Waals surface area contributed by atoms with Crippen molar-refractivity contribution in [2.45, 2.75) is 19.9 Å². The molecule has 2 nitrogen and oxygen atoms in total. The van der Waals surface area contributed by atoms with Gasteiger partial charge in [-0.15, -0.1) is 0 Å². The van der Waals surface area contributed by atoms with Gasteiger partial charge in [-0.05, 0) is 35.6 Å². The molecule has 0 unspecified atom stereocenters. The molecule has 0 amide bonds. The third-order valence-electron chi connectivity index (χ3n) is 3.73. The maximum Gasteiger partial charge on any atom is 0.182 e. The van der Waals surface area contributed by atoms with Gasteiger partial charge in [0.2, 0.25) is 0 Å². The van der Waals surface area contributed by atoms with Gasteiger partial charge in [-0.25, -0.2) is 0 Å². The summed E-state index contributed by atoms with van der Waals surface area (Å²) in [5, 5.41) is 1.19. The topological polar surface area (TPSA) is 22.0 Å². The molecule has 3 aromatic rings. The second-order valence-electron chi connectivity index (χ2n) is 5.08. The minimum absolute atomic E-state index is 0.130. The number of fused-ring (bicyclic) bond motifs is 1. The van der Waals surface area contributed by atoms with E-state index in [-0.39, 0.29) is 5.78 Å². The molecule has 1 aromatic heterocycles. The smallest absolute Gasteiger partial charge is 0.182 e. The Hall–Kier alpha value is -1.87. The summed E-state index contributed by atoms with van der Waals surface area (Å²) in [6.07, 6.45) is 2.97. The summed E-state index contributed by atoms with van der Waals surface area (Å²) in [4.78, 5) is 12.4. The van der Waals surface area contributed by atoms with E-state index >= 15 is 0 Å². The monoisotopic (exact) mass is 341 g/mol. The lowest BCUT2D eigenvalue weighted by Crippen LogP contribution is -2.10. The largest absolute Gasteiger partial charge is 0.339 e. The molecular weight excluding hydrogens is 326 g/mol. The van der Waals surface area contributed by atoms with Gasteiger partial charge in [-0.3, -0.25) is 4.79 Å². The van der Waals surface area contributed by atoms with Crippen LogP contribution in [0, 0.1) is 0 Å². The third kappa shape index (κ3) is 2.79. The number of ketones is 1. The maximum atomic E-state index is 12.4. The average Bonchev–Trinajstić information content (AvgIpc) is 2.91. The van der Waals surface area contributed by atoms with Gasteiger partial charge >= 0.3 is 0 Å². The molecular formula is C18H16BrNO. The highest BCUT2D eigenvalue weighted by molar-refractivity contribution is 9.10. The molecule has 0 saturated heterocycles. The van der Waals surface area contributed by atoms with Gasteiger partial charge in [0.15, 0.2) is 5.78 Å². The molecule has 106 valence electrons. The van der Waals surface area contributed by atoms with Crippen molar-refractivity contribution < 1.29 is 4.79 Å². The Morgan fingerprint density at radius 1 is 1.10 bits per heavy atom. The maximum absolute atomic E-state index is 12.4. The number of carbonyl (C=O) groups is 1. The van der Waals surface area contributed by atoms with Crippen molar-refractivity contribution in [2.24, 2.45) is 0 Å². The molecule has 0 bridgehead atoms. The number of Topliss-reactive ketones (excluding diaryl/α,β-unsaturated/α-hetero) is 1. The van der Waals surface area contributed by atoms with Crippen LogP contribution in [0.25, 0.3) is 10.9 Å². The molecule has 3 rings (SSSR count). The summed E-state index contributed by atoms with van der Waals surface area (Å²) in [5.41, 5.74) is 3.19. The predicted octanol–water partition coefficient (Wildman–Crippen LogP) is 4.85. The molecule has 0 aliphatic heterocycles. The third-order valence-corrected chi connectivity index (χ3v) is 4.26. The number of aryl methyl sites for hydroxylation is 1. The first kappa shape index (κ1) is 14.1. The first-order valence-corrected chi connectivity index (χ1v) is 7.84. The van der Waals surface area contributed by atoms with Crippen LogP contribution in [0.5, 0.6) is 0 Å². The summed E-state index contributed by atoms with van der Waals surface area (Å²) in [6, 6.07) is 15.9. The molecule has 0 aliphatic rings. The fraction of sp³-hybridized carbons (Fsp3) is 0.167. The van der Waals surface area contributed by atoms with Crippen LogP contribution in [-0.2, 0) is 13.0 Å². The predicted molar refractivity (Wildman–Crippen MR) is 89.8 cm³/mol. The van der Waals surface area contributed by atoms with Gasteiger partial charge < -0.3 is 4.57 Å².